The molecule has 5 nitrogen and oxygen atoms in total. The smallest absolute Gasteiger partial charge is 0.231 e. The Bertz CT molecular complexity index is 842. The number of nitrogens with one attached hydrogen (secondary N) is 1. The van der Waals surface area contributed by atoms with Gasteiger partial charge in [0, 0.05) is 22.6 Å². The monoisotopic (exact) mass is 326 g/mol. The van der Waals surface area contributed by atoms with E-state index in [9.17, 15) is 5.26 Å². The van der Waals surface area contributed by atoms with Crippen LogP contribution in [-0.2, 0) is 0 Å². The van der Waals surface area contributed by atoms with Crippen LogP contribution in [-0.4, -0.2) is 12.7 Å². The minimum Gasteiger partial charge on any atom is -0.454 e. The van der Waals surface area contributed by atoms with E-state index in [1.807, 2.05) is 18.2 Å². The maximum absolute atomic E-state index is 9.51. The summed E-state index contributed by atoms with van der Waals surface area (Å²) >= 11 is 5.96. The molecule has 6 heteroatoms. The van der Waals surface area contributed by atoms with Crippen molar-refractivity contribution in [2.75, 3.05) is 6.79 Å². The predicted molar refractivity (Wildman–Crippen MR) is 83.3 cm³/mol. The van der Waals surface area contributed by atoms with E-state index < -0.39 is 5.92 Å². The molecular weight excluding hydrogens is 316 g/mol. The van der Waals surface area contributed by atoms with E-state index in [4.69, 9.17) is 31.2 Å². The van der Waals surface area contributed by atoms with Crippen molar-refractivity contribution >= 4 is 17.5 Å². The molecule has 0 bridgehead atoms. The number of hydrogen-bond acceptors (Lipinski definition) is 5. The number of nitriles is 1. The maximum Gasteiger partial charge on any atom is 0.231 e. The number of hydrogen-bond donors (Lipinski definition) is 1. The number of rotatable bonds is 1. The van der Waals surface area contributed by atoms with Crippen molar-refractivity contribution in [1.82, 2.24) is 0 Å². The van der Waals surface area contributed by atoms with Crippen LogP contribution in [0.2, 0.25) is 5.02 Å². The second kappa shape index (κ2) is 5.18. The molecule has 2 aromatic rings. The molecule has 23 heavy (non-hydrogen) atoms. The second-order valence-electron chi connectivity index (χ2n) is 5.35. The van der Waals surface area contributed by atoms with Gasteiger partial charge in [0.15, 0.2) is 11.5 Å². The number of nitrogens with zero attached hydrogens (tertiary/aromatic N) is 1. The molecule has 0 spiro atoms. The van der Waals surface area contributed by atoms with Gasteiger partial charge >= 0.3 is 0 Å². The third kappa shape index (κ3) is 2.19. The first-order valence-corrected chi connectivity index (χ1v) is 7.40. The van der Waals surface area contributed by atoms with E-state index in [0.29, 0.717) is 22.3 Å². The average Bonchev–Trinajstić information content (AvgIpc) is 3.00. The van der Waals surface area contributed by atoms with E-state index in [2.05, 4.69) is 6.07 Å². The highest BCUT2D eigenvalue weighted by atomic mass is 35.5. The Morgan fingerprint density at radius 1 is 1.09 bits per heavy atom. The van der Waals surface area contributed by atoms with E-state index >= 15 is 0 Å². The highest BCUT2D eigenvalue weighted by molar-refractivity contribution is 6.30. The molecule has 114 valence electrons. The third-order valence-electron chi connectivity index (χ3n) is 4.04. The second-order valence-corrected chi connectivity index (χ2v) is 5.78. The minimum atomic E-state index is -0.705. The standard InChI is InChI=1S/C17H11ClN2O3/c18-10-3-1-9(2-4-10)16-11-5-14-15(22-8-21-14)6-13(11)23-17(20)12(16)7-19/h1-6,12,16,20H,8H2. The van der Waals surface area contributed by atoms with Gasteiger partial charge in [0.05, 0.1) is 6.07 Å². The van der Waals surface area contributed by atoms with Crippen LogP contribution in [0.1, 0.15) is 17.0 Å². The molecule has 0 fully saturated rings. The van der Waals surface area contributed by atoms with Crippen LogP contribution in [0.4, 0.5) is 0 Å². The van der Waals surface area contributed by atoms with Gasteiger partial charge in [0.1, 0.15) is 11.7 Å². The molecule has 2 unspecified atom stereocenters. The van der Waals surface area contributed by atoms with E-state index in [1.165, 1.54) is 0 Å². The molecule has 2 aromatic carbocycles. The normalized spacial score (nSPS) is 21.3. The Morgan fingerprint density at radius 3 is 2.48 bits per heavy atom. The Balaban J connectivity index is 1.90. The SMILES string of the molecule is N#CC1C(=N)Oc2cc3c(cc2C1c1ccc(Cl)cc1)OCO3. The first-order chi connectivity index (χ1) is 11.2. The molecule has 1 N–H and O–H groups in total. The Morgan fingerprint density at radius 2 is 1.78 bits per heavy atom. The van der Waals surface area contributed by atoms with Gasteiger partial charge in [0.2, 0.25) is 12.7 Å². The van der Waals surface area contributed by atoms with Crippen LogP contribution in [0.15, 0.2) is 36.4 Å². The molecule has 0 saturated heterocycles. The lowest BCUT2D eigenvalue weighted by atomic mass is 9.79. The van der Waals surface area contributed by atoms with Crippen molar-refractivity contribution in [3.63, 3.8) is 0 Å². The Labute approximate surface area is 137 Å². The summed E-state index contributed by atoms with van der Waals surface area (Å²) in [5.74, 6) is 0.634. The van der Waals surface area contributed by atoms with Crippen LogP contribution >= 0.6 is 11.6 Å². The third-order valence-corrected chi connectivity index (χ3v) is 4.30. The molecule has 4 rings (SSSR count). The molecule has 0 saturated carbocycles. The summed E-state index contributed by atoms with van der Waals surface area (Å²) in [5.41, 5.74) is 1.70. The molecule has 2 heterocycles. The van der Waals surface area contributed by atoms with Gasteiger partial charge in [-0.1, -0.05) is 23.7 Å². The first kappa shape index (κ1) is 13.9. The van der Waals surface area contributed by atoms with E-state index in [0.717, 1.165) is 11.1 Å². The van der Waals surface area contributed by atoms with E-state index in [1.54, 1.807) is 18.2 Å². The lowest BCUT2D eigenvalue weighted by Crippen LogP contribution is -2.30. The molecule has 0 aliphatic carbocycles. The van der Waals surface area contributed by atoms with Crippen molar-refractivity contribution < 1.29 is 14.2 Å². The highest BCUT2D eigenvalue weighted by Gasteiger charge is 2.38. The average molecular weight is 327 g/mol. The van der Waals surface area contributed by atoms with Crippen LogP contribution in [0.25, 0.3) is 0 Å². The summed E-state index contributed by atoms with van der Waals surface area (Å²) in [6.07, 6.45) is 0. The largest absolute Gasteiger partial charge is 0.454 e. The topological polar surface area (TPSA) is 75.3 Å². The van der Waals surface area contributed by atoms with Crippen LogP contribution in [0.5, 0.6) is 17.2 Å². The molecule has 2 aliphatic heterocycles. The van der Waals surface area contributed by atoms with Gasteiger partial charge in [-0.05, 0) is 23.8 Å². The molecular formula is C17H11ClN2O3. The summed E-state index contributed by atoms with van der Waals surface area (Å²) < 4.78 is 16.3. The number of benzene rings is 2. The zero-order chi connectivity index (χ0) is 16.0. The Hall–Kier alpha value is -2.71. The zero-order valence-corrected chi connectivity index (χ0v) is 12.6. The first-order valence-electron chi connectivity index (χ1n) is 7.02. The molecule has 0 radical (unpaired) electrons. The van der Waals surface area contributed by atoms with Gasteiger partial charge in [-0.2, -0.15) is 5.26 Å². The minimum absolute atomic E-state index is 0.0705. The lowest BCUT2D eigenvalue weighted by molar-refractivity contribution is 0.174. The fourth-order valence-electron chi connectivity index (χ4n) is 2.96. The van der Waals surface area contributed by atoms with Crippen molar-refractivity contribution in [3.8, 4) is 23.3 Å². The maximum atomic E-state index is 9.51. The van der Waals surface area contributed by atoms with Crippen LogP contribution < -0.4 is 14.2 Å². The summed E-state index contributed by atoms with van der Waals surface area (Å²) in [4.78, 5) is 0. The fraction of sp³-hybridized carbons (Fsp3) is 0.176. The van der Waals surface area contributed by atoms with E-state index in [-0.39, 0.29) is 18.6 Å². The van der Waals surface area contributed by atoms with Crippen LogP contribution in [0, 0.1) is 22.7 Å². The summed E-state index contributed by atoms with van der Waals surface area (Å²) in [7, 11) is 0. The van der Waals surface area contributed by atoms with Gasteiger partial charge in [0.25, 0.3) is 0 Å². The predicted octanol–water partition coefficient (Wildman–Crippen LogP) is 3.71. The quantitative estimate of drug-likeness (QED) is 0.866. The number of fused-ring (bicyclic) bond motifs is 2. The van der Waals surface area contributed by atoms with Crippen molar-refractivity contribution in [2.24, 2.45) is 5.92 Å². The molecule has 0 amide bonds. The number of halogens is 1. The van der Waals surface area contributed by atoms with Crippen molar-refractivity contribution in [2.45, 2.75) is 5.92 Å². The summed E-state index contributed by atoms with van der Waals surface area (Å²) in [6.45, 7) is 0.156. The highest BCUT2D eigenvalue weighted by Crippen LogP contribution is 2.47. The summed E-state index contributed by atoms with van der Waals surface area (Å²) in [5, 5.41) is 18.2. The molecule has 0 aromatic heterocycles. The number of ether oxygens (including phenoxy) is 3. The van der Waals surface area contributed by atoms with Crippen molar-refractivity contribution in [1.29, 1.82) is 10.7 Å². The van der Waals surface area contributed by atoms with Gasteiger partial charge < -0.3 is 14.2 Å². The zero-order valence-electron chi connectivity index (χ0n) is 11.9. The van der Waals surface area contributed by atoms with Gasteiger partial charge in [-0.3, -0.25) is 5.41 Å². The van der Waals surface area contributed by atoms with Crippen LogP contribution in [0.3, 0.4) is 0 Å². The lowest BCUT2D eigenvalue weighted by Gasteiger charge is -2.30. The molecule has 2 aliphatic rings. The molecule has 2 atom stereocenters. The van der Waals surface area contributed by atoms with Gasteiger partial charge in [-0.15, -0.1) is 0 Å². The summed E-state index contributed by atoms with van der Waals surface area (Å²) in [6, 6.07) is 13.0. The van der Waals surface area contributed by atoms with Gasteiger partial charge in [-0.25, -0.2) is 0 Å². The fourth-order valence-corrected chi connectivity index (χ4v) is 3.08. The van der Waals surface area contributed by atoms with Crippen molar-refractivity contribution in [3.05, 3.63) is 52.5 Å². The Kier molecular flexibility index (Phi) is 3.14.